The van der Waals surface area contributed by atoms with E-state index in [9.17, 15) is 4.79 Å². The molecule has 5 heteroatoms. The van der Waals surface area contributed by atoms with Crippen LogP contribution >= 0.6 is 0 Å². The SMILES string of the molecule is CC1CC(=O)CCC1c1nc(-c2cccc(CN3CCCCC3)c2)no1. The van der Waals surface area contributed by atoms with Gasteiger partial charge in [-0.3, -0.25) is 9.69 Å². The Hall–Kier alpha value is -2.01. The molecule has 0 N–H and O–H groups in total. The van der Waals surface area contributed by atoms with Crippen LogP contribution in [0.4, 0.5) is 0 Å². The third-order valence-corrected chi connectivity index (χ3v) is 5.77. The summed E-state index contributed by atoms with van der Waals surface area (Å²) in [6.45, 7) is 5.47. The molecule has 2 unspecified atom stereocenters. The quantitative estimate of drug-likeness (QED) is 0.824. The average molecular weight is 353 g/mol. The van der Waals surface area contributed by atoms with Gasteiger partial charge in [-0.25, -0.2) is 0 Å². The summed E-state index contributed by atoms with van der Waals surface area (Å²) in [5.41, 5.74) is 2.31. The van der Waals surface area contributed by atoms with Crippen molar-refractivity contribution in [3.8, 4) is 11.4 Å². The first-order valence-electron chi connectivity index (χ1n) is 9.86. The molecule has 2 aromatic rings. The van der Waals surface area contributed by atoms with E-state index in [2.05, 4.69) is 40.2 Å². The molecule has 26 heavy (non-hydrogen) atoms. The lowest BCUT2D eigenvalue weighted by Crippen LogP contribution is -2.29. The highest BCUT2D eigenvalue weighted by Crippen LogP contribution is 2.36. The van der Waals surface area contributed by atoms with Crippen LogP contribution < -0.4 is 0 Å². The number of hydrogen-bond acceptors (Lipinski definition) is 5. The van der Waals surface area contributed by atoms with Crippen LogP contribution in [0.25, 0.3) is 11.4 Å². The number of nitrogens with zero attached hydrogens (tertiary/aromatic N) is 3. The number of rotatable bonds is 4. The van der Waals surface area contributed by atoms with Crippen molar-refractivity contribution in [2.24, 2.45) is 5.92 Å². The van der Waals surface area contributed by atoms with Gasteiger partial charge in [-0.1, -0.05) is 36.7 Å². The maximum Gasteiger partial charge on any atom is 0.230 e. The van der Waals surface area contributed by atoms with Crippen molar-refractivity contribution in [1.82, 2.24) is 15.0 Å². The minimum absolute atomic E-state index is 0.200. The Morgan fingerprint density at radius 2 is 2.08 bits per heavy atom. The highest BCUT2D eigenvalue weighted by atomic mass is 16.5. The molecule has 5 nitrogen and oxygen atoms in total. The molecule has 2 fully saturated rings. The second kappa shape index (κ2) is 7.70. The summed E-state index contributed by atoms with van der Waals surface area (Å²) in [7, 11) is 0. The predicted octanol–water partition coefficient (Wildman–Crippen LogP) is 4.20. The maximum absolute atomic E-state index is 11.6. The molecule has 1 aromatic heterocycles. The summed E-state index contributed by atoms with van der Waals surface area (Å²) >= 11 is 0. The normalized spacial score (nSPS) is 24.7. The van der Waals surface area contributed by atoms with Crippen molar-refractivity contribution in [1.29, 1.82) is 0 Å². The number of aromatic nitrogens is 2. The van der Waals surface area contributed by atoms with E-state index in [1.807, 2.05) is 6.07 Å². The molecule has 0 amide bonds. The van der Waals surface area contributed by atoms with Crippen LogP contribution in [-0.4, -0.2) is 33.9 Å². The van der Waals surface area contributed by atoms with E-state index in [1.54, 1.807) is 0 Å². The molecule has 138 valence electrons. The maximum atomic E-state index is 11.6. The number of hydrogen-bond donors (Lipinski definition) is 0. The second-order valence-corrected chi connectivity index (χ2v) is 7.86. The number of Topliss-reactive ketones (excluding diaryl/α,β-unsaturated/α-hetero) is 1. The van der Waals surface area contributed by atoms with Gasteiger partial charge in [0.05, 0.1) is 0 Å². The zero-order valence-corrected chi connectivity index (χ0v) is 15.5. The smallest absolute Gasteiger partial charge is 0.230 e. The Bertz CT molecular complexity index is 764. The van der Waals surface area contributed by atoms with Gasteiger partial charge in [-0.15, -0.1) is 0 Å². The molecule has 1 saturated carbocycles. The molecule has 0 bridgehead atoms. The lowest BCUT2D eigenvalue weighted by molar-refractivity contribution is -0.121. The van der Waals surface area contributed by atoms with Crippen LogP contribution in [0.5, 0.6) is 0 Å². The Kier molecular flexibility index (Phi) is 5.16. The van der Waals surface area contributed by atoms with Crippen molar-refractivity contribution < 1.29 is 9.32 Å². The Morgan fingerprint density at radius 1 is 1.23 bits per heavy atom. The van der Waals surface area contributed by atoms with E-state index in [0.717, 1.165) is 18.5 Å². The second-order valence-electron chi connectivity index (χ2n) is 7.86. The van der Waals surface area contributed by atoms with Gasteiger partial charge >= 0.3 is 0 Å². The molecule has 1 saturated heterocycles. The first-order chi connectivity index (χ1) is 12.7. The minimum atomic E-state index is 0.200. The van der Waals surface area contributed by atoms with Crippen molar-refractivity contribution in [3.63, 3.8) is 0 Å². The van der Waals surface area contributed by atoms with E-state index < -0.39 is 0 Å². The minimum Gasteiger partial charge on any atom is -0.339 e. The largest absolute Gasteiger partial charge is 0.339 e. The zero-order chi connectivity index (χ0) is 17.9. The summed E-state index contributed by atoms with van der Waals surface area (Å²) in [5, 5.41) is 4.22. The first-order valence-corrected chi connectivity index (χ1v) is 9.86. The van der Waals surface area contributed by atoms with Crippen molar-refractivity contribution in [2.75, 3.05) is 13.1 Å². The third kappa shape index (κ3) is 3.88. The Morgan fingerprint density at radius 3 is 2.88 bits per heavy atom. The van der Waals surface area contributed by atoms with Gasteiger partial charge in [0.2, 0.25) is 11.7 Å². The van der Waals surface area contributed by atoms with Crippen molar-refractivity contribution in [2.45, 2.75) is 57.9 Å². The summed E-state index contributed by atoms with van der Waals surface area (Å²) in [6.07, 6.45) is 6.02. The van der Waals surface area contributed by atoms with Crippen LogP contribution in [0.3, 0.4) is 0 Å². The van der Waals surface area contributed by atoms with E-state index >= 15 is 0 Å². The van der Waals surface area contributed by atoms with Gasteiger partial charge in [-0.05, 0) is 49.9 Å². The van der Waals surface area contributed by atoms with Gasteiger partial charge < -0.3 is 4.52 Å². The zero-order valence-electron chi connectivity index (χ0n) is 15.5. The van der Waals surface area contributed by atoms with Crippen LogP contribution in [0.1, 0.15) is 62.8 Å². The Balaban J connectivity index is 1.48. The summed E-state index contributed by atoms with van der Waals surface area (Å²) in [5.74, 6) is 2.16. The standard InChI is InChI=1S/C21H27N3O2/c1-15-12-18(25)8-9-19(15)21-22-20(23-26-21)17-7-5-6-16(13-17)14-24-10-3-2-4-11-24/h5-7,13,15,19H,2-4,8-12,14H2,1H3. The van der Waals surface area contributed by atoms with Crippen molar-refractivity contribution >= 4 is 5.78 Å². The van der Waals surface area contributed by atoms with Gasteiger partial charge in [0, 0.05) is 30.9 Å². The molecule has 0 radical (unpaired) electrons. The highest BCUT2D eigenvalue weighted by Gasteiger charge is 2.31. The van der Waals surface area contributed by atoms with Gasteiger partial charge in [-0.2, -0.15) is 4.98 Å². The summed E-state index contributed by atoms with van der Waals surface area (Å²) in [6, 6.07) is 8.47. The number of ketones is 1. The fraction of sp³-hybridized carbons (Fsp3) is 0.571. The van der Waals surface area contributed by atoms with Crippen molar-refractivity contribution in [3.05, 3.63) is 35.7 Å². The van der Waals surface area contributed by atoms with Crippen LogP contribution in [0.2, 0.25) is 0 Å². The monoisotopic (exact) mass is 353 g/mol. The fourth-order valence-electron chi connectivity index (χ4n) is 4.26. The summed E-state index contributed by atoms with van der Waals surface area (Å²) in [4.78, 5) is 18.8. The van der Waals surface area contributed by atoms with Crippen LogP contribution in [0, 0.1) is 5.92 Å². The molecule has 1 aliphatic carbocycles. The molecule has 2 heterocycles. The lowest BCUT2D eigenvalue weighted by Gasteiger charge is -2.26. The highest BCUT2D eigenvalue weighted by molar-refractivity contribution is 5.79. The molecule has 4 rings (SSSR count). The van der Waals surface area contributed by atoms with Crippen LogP contribution in [-0.2, 0) is 11.3 Å². The van der Waals surface area contributed by atoms with E-state index in [0.29, 0.717) is 30.3 Å². The molecule has 0 spiro atoms. The number of likely N-dealkylation sites (tertiary alicyclic amines) is 1. The molecule has 2 aliphatic rings. The Labute approximate surface area is 154 Å². The van der Waals surface area contributed by atoms with E-state index in [-0.39, 0.29) is 11.8 Å². The van der Waals surface area contributed by atoms with E-state index in [4.69, 9.17) is 4.52 Å². The average Bonchev–Trinajstić information content (AvgIpc) is 3.13. The third-order valence-electron chi connectivity index (χ3n) is 5.77. The van der Waals surface area contributed by atoms with Gasteiger partial charge in [0.1, 0.15) is 5.78 Å². The molecule has 1 aliphatic heterocycles. The van der Waals surface area contributed by atoms with E-state index in [1.165, 1.54) is 37.9 Å². The van der Waals surface area contributed by atoms with Crippen LogP contribution in [0.15, 0.2) is 28.8 Å². The van der Waals surface area contributed by atoms with Gasteiger partial charge in [0.25, 0.3) is 0 Å². The molecule has 2 atom stereocenters. The molecule has 1 aromatic carbocycles. The molecular weight excluding hydrogens is 326 g/mol. The summed E-state index contributed by atoms with van der Waals surface area (Å²) < 4.78 is 5.57. The fourth-order valence-corrected chi connectivity index (χ4v) is 4.26. The first kappa shape index (κ1) is 17.4. The topological polar surface area (TPSA) is 59.2 Å². The number of piperidine rings is 1. The predicted molar refractivity (Wildman–Crippen MR) is 99.6 cm³/mol. The lowest BCUT2D eigenvalue weighted by atomic mass is 9.80. The number of carbonyl (C=O) groups is 1. The van der Waals surface area contributed by atoms with Gasteiger partial charge in [0.15, 0.2) is 0 Å². The molecular formula is C21H27N3O2. The number of carbonyl (C=O) groups excluding carboxylic acids is 1. The number of benzene rings is 1.